The predicted octanol–water partition coefficient (Wildman–Crippen LogP) is 1.55. The zero-order valence-corrected chi connectivity index (χ0v) is 13.9. The van der Waals surface area contributed by atoms with E-state index >= 15 is 0 Å². The van der Waals surface area contributed by atoms with Gasteiger partial charge >= 0.3 is 0 Å². The number of aromatic nitrogens is 2. The number of amides is 2. The predicted molar refractivity (Wildman–Crippen MR) is 86.6 cm³/mol. The number of rotatable bonds is 5. The number of nitrogens with one attached hydrogen (secondary N) is 2. The van der Waals surface area contributed by atoms with Crippen molar-refractivity contribution in [1.82, 2.24) is 15.1 Å². The van der Waals surface area contributed by atoms with Crippen molar-refractivity contribution in [2.24, 2.45) is 7.05 Å². The summed E-state index contributed by atoms with van der Waals surface area (Å²) >= 11 is 0. The van der Waals surface area contributed by atoms with E-state index in [2.05, 4.69) is 15.7 Å². The highest BCUT2D eigenvalue weighted by molar-refractivity contribution is 5.99. The number of hydrogen-bond acceptors (Lipinski definition) is 4. The first-order chi connectivity index (χ1) is 11.3. The maximum absolute atomic E-state index is 13.6. The second-order valence-electron chi connectivity index (χ2n) is 5.25. The molecule has 0 aliphatic rings. The molecule has 8 heteroatoms. The van der Waals surface area contributed by atoms with Gasteiger partial charge in [-0.2, -0.15) is 5.10 Å². The first-order valence-electron chi connectivity index (χ1n) is 7.25. The molecular weight excluding hydrogens is 315 g/mol. The van der Waals surface area contributed by atoms with Gasteiger partial charge in [-0.25, -0.2) is 4.39 Å². The molecule has 0 atom stereocenters. The van der Waals surface area contributed by atoms with Crippen LogP contribution >= 0.6 is 0 Å². The SMILES string of the molecule is COc1ccc(C(=O)NCC(=O)Nc2c(C)nn(C)c2C)cc1F. The number of halogens is 1. The lowest BCUT2D eigenvalue weighted by molar-refractivity contribution is -0.115. The molecule has 2 N–H and O–H groups in total. The largest absolute Gasteiger partial charge is 0.494 e. The van der Waals surface area contributed by atoms with Crippen LogP contribution in [0.4, 0.5) is 10.1 Å². The van der Waals surface area contributed by atoms with E-state index < -0.39 is 17.6 Å². The summed E-state index contributed by atoms with van der Waals surface area (Å²) in [5.41, 5.74) is 2.22. The number of anilines is 1. The Hall–Kier alpha value is -2.90. The van der Waals surface area contributed by atoms with Gasteiger partial charge in [0.15, 0.2) is 11.6 Å². The van der Waals surface area contributed by atoms with E-state index in [1.54, 1.807) is 18.7 Å². The van der Waals surface area contributed by atoms with Crippen LogP contribution in [0.25, 0.3) is 0 Å². The summed E-state index contributed by atoms with van der Waals surface area (Å²) in [6.45, 7) is 3.37. The minimum atomic E-state index is -0.642. The number of methoxy groups -OCH3 is 1. The average molecular weight is 334 g/mol. The summed E-state index contributed by atoms with van der Waals surface area (Å²) in [5, 5.41) is 9.34. The van der Waals surface area contributed by atoms with Gasteiger partial charge in [0.1, 0.15) is 0 Å². The molecule has 2 rings (SSSR count). The summed E-state index contributed by atoms with van der Waals surface area (Å²) in [4.78, 5) is 23.9. The van der Waals surface area contributed by atoms with E-state index in [9.17, 15) is 14.0 Å². The summed E-state index contributed by atoms with van der Waals surface area (Å²) in [6.07, 6.45) is 0. The van der Waals surface area contributed by atoms with Crippen LogP contribution in [-0.2, 0) is 11.8 Å². The van der Waals surface area contributed by atoms with Crippen molar-refractivity contribution in [3.8, 4) is 5.75 Å². The van der Waals surface area contributed by atoms with E-state index in [1.807, 2.05) is 6.92 Å². The number of ether oxygens (including phenoxy) is 1. The van der Waals surface area contributed by atoms with E-state index in [4.69, 9.17) is 4.74 Å². The molecule has 0 saturated carbocycles. The van der Waals surface area contributed by atoms with E-state index in [0.29, 0.717) is 11.4 Å². The minimum absolute atomic E-state index is 0.0480. The molecule has 0 fully saturated rings. The Morgan fingerprint density at radius 2 is 2.04 bits per heavy atom. The van der Waals surface area contributed by atoms with Gasteiger partial charge in [0.05, 0.1) is 30.7 Å². The fraction of sp³-hybridized carbons (Fsp3) is 0.312. The normalized spacial score (nSPS) is 10.4. The third-order valence-electron chi connectivity index (χ3n) is 3.60. The number of aryl methyl sites for hydroxylation is 2. The van der Waals surface area contributed by atoms with Crippen LogP contribution < -0.4 is 15.4 Å². The number of carbonyl (C=O) groups is 2. The summed E-state index contributed by atoms with van der Waals surface area (Å²) < 4.78 is 20.0. The van der Waals surface area contributed by atoms with Crippen LogP contribution in [0.5, 0.6) is 5.75 Å². The summed E-state index contributed by atoms with van der Waals surface area (Å²) in [7, 11) is 3.11. The van der Waals surface area contributed by atoms with Crippen molar-refractivity contribution in [1.29, 1.82) is 0 Å². The first kappa shape index (κ1) is 17.5. The summed E-state index contributed by atoms with van der Waals surface area (Å²) in [6, 6.07) is 3.83. The quantitative estimate of drug-likeness (QED) is 0.869. The summed E-state index contributed by atoms with van der Waals surface area (Å²) in [5.74, 6) is -1.54. The molecule has 128 valence electrons. The van der Waals surface area contributed by atoms with E-state index in [-0.39, 0.29) is 17.9 Å². The lowest BCUT2D eigenvalue weighted by Crippen LogP contribution is -2.33. The topological polar surface area (TPSA) is 85.2 Å². The first-order valence-corrected chi connectivity index (χ1v) is 7.25. The van der Waals surface area contributed by atoms with E-state index in [1.165, 1.54) is 19.2 Å². The lowest BCUT2D eigenvalue weighted by atomic mass is 10.2. The number of benzene rings is 1. The number of hydrogen-bond donors (Lipinski definition) is 2. The highest BCUT2D eigenvalue weighted by atomic mass is 19.1. The minimum Gasteiger partial charge on any atom is -0.494 e. The van der Waals surface area contributed by atoms with Crippen LogP contribution in [0, 0.1) is 19.7 Å². The zero-order chi connectivity index (χ0) is 17.9. The molecule has 7 nitrogen and oxygen atoms in total. The fourth-order valence-electron chi connectivity index (χ4n) is 2.21. The highest BCUT2D eigenvalue weighted by Crippen LogP contribution is 2.18. The second-order valence-corrected chi connectivity index (χ2v) is 5.25. The van der Waals surface area contributed by atoms with Crippen LogP contribution in [0.1, 0.15) is 21.7 Å². The molecule has 1 aromatic carbocycles. The van der Waals surface area contributed by atoms with E-state index in [0.717, 1.165) is 11.8 Å². The lowest BCUT2D eigenvalue weighted by Gasteiger charge is -2.08. The van der Waals surface area contributed by atoms with Gasteiger partial charge in [-0.05, 0) is 32.0 Å². The van der Waals surface area contributed by atoms with Crippen molar-refractivity contribution in [2.75, 3.05) is 19.0 Å². The van der Waals surface area contributed by atoms with Gasteiger partial charge in [-0.15, -0.1) is 0 Å². The van der Waals surface area contributed by atoms with Crippen molar-refractivity contribution in [3.63, 3.8) is 0 Å². The number of nitrogens with zero attached hydrogens (tertiary/aromatic N) is 2. The molecule has 24 heavy (non-hydrogen) atoms. The standard InChI is InChI=1S/C16H19FN4O3/c1-9-15(10(2)21(3)20-9)19-14(22)8-18-16(23)11-5-6-13(24-4)12(17)7-11/h5-7H,8H2,1-4H3,(H,18,23)(H,19,22). The van der Waals surface area contributed by atoms with Gasteiger partial charge in [0.2, 0.25) is 5.91 Å². The average Bonchev–Trinajstić information content (AvgIpc) is 2.78. The number of carbonyl (C=O) groups excluding carboxylic acids is 2. The van der Waals surface area contributed by atoms with Gasteiger partial charge in [0, 0.05) is 12.6 Å². The third kappa shape index (κ3) is 3.70. The van der Waals surface area contributed by atoms with Crippen LogP contribution in [0.2, 0.25) is 0 Å². The Morgan fingerprint density at radius 3 is 2.58 bits per heavy atom. The zero-order valence-electron chi connectivity index (χ0n) is 13.9. The van der Waals surface area contributed by atoms with Crippen molar-refractivity contribution in [3.05, 3.63) is 41.0 Å². The Labute approximate surface area is 138 Å². The Morgan fingerprint density at radius 1 is 1.33 bits per heavy atom. The second kappa shape index (κ2) is 7.12. The Kier molecular flexibility index (Phi) is 5.18. The molecule has 0 unspecified atom stereocenters. The monoisotopic (exact) mass is 334 g/mol. The third-order valence-corrected chi connectivity index (χ3v) is 3.60. The maximum atomic E-state index is 13.6. The maximum Gasteiger partial charge on any atom is 0.251 e. The molecule has 0 spiro atoms. The molecule has 0 aliphatic heterocycles. The molecule has 0 radical (unpaired) electrons. The highest BCUT2D eigenvalue weighted by Gasteiger charge is 2.14. The molecule has 0 aliphatic carbocycles. The van der Waals surface area contributed by atoms with Gasteiger partial charge in [-0.3, -0.25) is 14.3 Å². The van der Waals surface area contributed by atoms with Crippen molar-refractivity contribution >= 4 is 17.5 Å². The molecule has 0 saturated heterocycles. The fourth-order valence-corrected chi connectivity index (χ4v) is 2.21. The molecule has 1 heterocycles. The van der Waals surface area contributed by atoms with Gasteiger partial charge in [0.25, 0.3) is 5.91 Å². The molecule has 2 aromatic rings. The molecule has 2 amide bonds. The molecule has 1 aromatic heterocycles. The Balaban J connectivity index is 1.96. The Bertz CT molecular complexity index is 786. The van der Waals surface area contributed by atoms with Gasteiger partial charge in [-0.1, -0.05) is 0 Å². The van der Waals surface area contributed by atoms with Crippen LogP contribution in [-0.4, -0.2) is 35.2 Å². The van der Waals surface area contributed by atoms with Crippen molar-refractivity contribution < 1.29 is 18.7 Å². The van der Waals surface area contributed by atoms with Crippen LogP contribution in [0.15, 0.2) is 18.2 Å². The van der Waals surface area contributed by atoms with Crippen LogP contribution in [0.3, 0.4) is 0 Å². The van der Waals surface area contributed by atoms with Gasteiger partial charge < -0.3 is 15.4 Å². The molecule has 0 bridgehead atoms. The molecular formula is C16H19FN4O3. The smallest absolute Gasteiger partial charge is 0.251 e. The van der Waals surface area contributed by atoms with Crippen molar-refractivity contribution in [2.45, 2.75) is 13.8 Å².